The highest BCUT2D eigenvalue weighted by Crippen LogP contribution is 2.22. The molecule has 1 amide bonds. The Bertz CT molecular complexity index is 490. The number of primary amides is 1. The smallest absolute Gasteiger partial charge is 0.263 e. The van der Waals surface area contributed by atoms with Crippen LogP contribution in [0.2, 0.25) is 0 Å². The van der Waals surface area contributed by atoms with Gasteiger partial charge in [0.1, 0.15) is 11.9 Å². The predicted octanol–water partition coefficient (Wildman–Crippen LogP) is 1.04. The summed E-state index contributed by atoms with van der Waals surface area (Å²) in [6.07, 6.45) is 0. The van der Waals surface area contributed by atoms with Crippen LogP contribution in [0.1, 0.15) is 0 Å². The van der Waals surface area contributed by atoms with Gasteiger partial charge in [-0.15, -0.1) is 0 Å². The Kier molecular flexibility index (Phi) is 3.91. The second-order valence-corrected chi connectivity index (χ2v) is 3.72. The molecule has 0 saturated heterocycles. The number of nitrogens with one attached hydrogen (secondary N) is 1. The molecule has 0 bridgehead atoms. The number of carbonyl (C=O) groups excluding carboxylic acids is 1. The van der Waals surface area contributed by atoms with Crippen molar-refractivity contribution in [1.82, 2.24) is 0 Å². The first-order valence-corrected chi connectivity index (χ1v) is 5.06. The van der Waals surface area contributed by atoms with Crippen molar-refractivity contribution in [2.45, 2.75) is 0 Å². The monoisotopic (exact) mass is 280 g/mol. The van der Waals surface area contributed by atoms with Gasteiger partial charge in [0.25, 0.3) is 5.91 Å². The Labute approximate surface area is 101 Å². The minimum absolute atomic E-state index is 0.0677. The summed E-state index contributed by atoms with van der Waals surface area (Å²) in [7, 11) is 0. The van der Waals surface area contributed by atoms with E-state index < -0.39 is 5.91 Å². The summed E-state index contributed by atoms with van der Waals surface area (Å²) >= 11 is 3.29. The number of para-hydroxylation sites is 1. The molecule has 5 N–H and O–H groups in total. The van der Waals surface area contributed by atoms with Crippen molar-refractivity contribution in [1.29, 1.82) is 5.26 Å². The molecule has 0 spiro atoms. The van der Waals surface area contributed by atoms with Gasteiger partial charge in [0.2, 0.25) is 0 Å². The van der Waals surface area contributed by atoms with Crippen molar-refractivity contribution < 1.29 is 4.79 Å². The Morgan fingerprint density at radius 2 is 2.00 bits per heavy atom. The van der Waals surface area contributed by atoms with E-state index >= 15 is 0 Å². The first-order valence-electron chi connectivity index (χ1n) is 4.27. The summed E-state index contributed by atoms with van der Waals surface area (Å²) < 4.78 is 0.764. The van der Waals surface area contributed by atoms with Gasteiger partial charge in [-0.25, -0.2) is 0 Å². The van der Waals surface area contributed by atoms with Crippen molar-refractivity contribution in [2.75, 3.05) is 5.32 Å². The highest BCUT2D eigenvalue weighted by Gasteiger charge is 2.10. The third kappa shape index (κ3) is 2.74. The first-order chi connectivity index (χ1) is 7.56. The maximum atomic E-state index is 10.9. The molecule has 0 fully saturated rings. The van der Waals surface area contributed by atoms with Crippen molar-refractivity contribution >= 4 is 27.5 Å². The maximum Gasteiger partial charge on any atom is 0.263 e. The van der Waals surface area contributed by atoms with E-state index in [0.29, 0.717) is 5.69 Å². The molecule has 0 radical (unpaired) electrons. The number of rotatable bonds is 3. The summed E-state index contributed by atoms with van der Waals surface area (Å²) in [6.45, 7) is 0. The largest absolute Gasteiger partial charge is 0.384 e. The van der Waals surface area contributed by atoms with Gasteiger partial charge in [0.15, 0.2) is 5.57 Å². The van der Waals surface area contributed by atoms with E-state index in [4.69, 9.17) is 16.7 Å². The van der Waals surface area contributed by atoms with Crippen LogP contribution in [-0.2, 0) is 4.79 Å². The Morgan fingerprint density at radius 3 is 2.50 bits per heavy atom. The number of nitrogens with zero attached hydrogens (tertiary/aromatic N) is 1. The molecule has 0 aliphatic carbocycles. The third-order valence-corrected chi connectivity index (χ3v) is 2.46. The van der Waals surface area contributed by atoms with E-state index in [9.17, 15) is 4.79 Å². The second kappa shape index (κ2) is 5.19. The Morgan fingerprint density at radius 1 is 1.38 bits per heavy atom. The summed E-state index contributed by atoms with van der Waals surface area (Å²) in [5.74, 6) is -0.929. The van der Waals surface area contributed by atoms with Crippen LogP contribution >= 0.6 is 15.9 Å². The molecule has 82 valence electrons. The molecule has 0 unspecified atom stereocenters. The van der Waals surface area contributed by atoms with Gasteiger partial charge < -0.3 is 16.8 Å². The molecule has 1 aromatic rings. The SMILES string of the molecule is N#CC(C(N)=O)=C(N)Nc1ccccc1Br. The highest BCUT2D eigenvalue weighted by atomic mass is 79.9. The average molecular weight is 281 g/mol. The molecule has 5 nitrogen and oxygen atoms in total. The maximum absolute atomic E-state index is 10.9. The molecule has 1 aromatic carbocycles. The van der Waals surface area contributed by atoms with Crippen LogP contribution in [0.4, 0.5) is 5.69 Å². The van der Waals surface area contributed by atoms with E-state index in [1.54, 1.807) is 24.3 Å². The second-order valence-electron chi connectivity index (χ2n) is 2.87. The average Bonchev–Trinajstić information content (AvgIpc) is 2.22. The van der Waals surface area contributed by atoms with Crippen molar-refractivity contribution in [3.05, 3.63) is 40.1 Å². The van der Waals surface area contributed by atoms with Crippen LogP contribution in [0, 0.1) is 11.3 Å². The van der Waals surface area contributed by atoms with E-state index in [-0.39, 0.29) is 11.4 Å². The van der Waals surface area contributed by atoms with Gasteiger partial charge in [-0.05, 0) is 28.1 Å². The number of anilines is 1. The molecule has 0 atom stereocenters. The molecule has 0 aliphatic heterocycles. The van der Waals surface area contributed by atoms with Gasteiger partial charge in [0, 0.05) is 4.47 Å². The zero-order valence-electron chi connectivity index (χ0n) is 8.20. The molecule has 16 heavy (non-hydrogen) atoms. The molecule has 0 saturated carbocycles. The van der Waals surface area contributed by atoms with Crippen molar-refractivity contribution in [2.24, 2.45) is 11.5 Å². The summed E-state index contributed by atoms with van der Waals surface area (Å²) in [4.78, 5) is 10.9. The minimum Gasteiger partial charge on any atom is -0.384 e. The number of hydrogen-bond donors (Lipinski definition) is 3. The van der Waals surface area contributed by atoms with Crippen molar-refractivity contribution in [3.63, 3.8) is 0 Å². The molecule has 0 aliphatic rings. The highest BCUT2D eigenvalue weighted by molar-refractivity contribution is 9.10. The molecular formula is C10H9BrN4O. The number of hydrogen-bond acceptors (Lipinski definition) is 4. The van der Waals surface area contributed by atoms with Crippen LogP contribution in [0.15, 0.2) is 40.1 Å². The predicted molar refractivity (Wildman–Crippen MR) is 63.8 cm³/mol. The fourth-order valence-electron chi connectivity index (χ4n) is 1.02. The van der Waals surface area contributed by atoms with E-state index in [1.807, 2.05) is 6.07 Å². The van der Waals surface area contributed by atoms with Gasteiger partial charge in [-0.2, -0.15) is 5.26 Å². The standard InChI is InChI=1S/C10H9BrN4O/c11-7-3-1-2-4-8(7)15-9(13)6(5-12)10(14)16/h1-4,15H,13H2,(H2,14,16). The number of halogens is 1. The molecule has 6 heteroatoms. The zero-order valence-corrected chi connectivity index (χ0v) is 9.78. The van der Waals surface area contributed by atoms with Crippen LogP contribution in [0.25, 0.3) is 0 Å². The third-order valence-electron chi connectivity index (χ3n) is 1.77. The molecule has 0 heterocycles. The normalized spacial score (nSPS) is 11.2. The first kappa shape index (κ1) is 12.1. The lowest BCUT2D eigenvalue weighted by atomic mass is 10.2. The molecule has 1 rings (SSSR count). The van der Waals surface area contributed by atoms with Crippen LogP contribution in [-0.4, -0.2) is 5.91 Å². The van der Waals surface area contributed by atoms with Crippen LogP contribution in [0.5, 0.6) is 0 Å². The van der Waals surface area contributed by atoms with E-state index in [0.717, 1.165) is 4.47 Å². The number of benzene rings is 1. The summed E-state index contributed by atoms with van der Waals surface area (Å²) in [6, 6.07) is 8.80. The van der Waals surface area contributed by atoms with Crippen LogP contribution < -0.4 is 16.8 Å². The van der Waals surface area contributed by atoms with Gasteiger partial charge >= 0.3 is 0 Å². The zero-order chi connectivity index (χ0) is 12.1. The van der Waals surface area contributed by atoms with E-state index in [2.05, 4.69) is 21.2 Å². The van der Waals surface area contributed by atoms with Crippen molar-refractivity contribution in [3.8, 4) is 6.07 Å². The minimum atomic E-state index is -0.862. The van der Waals surface area contributed by atoms with Gasteiger partial charge in [-0.1, -0.05) is 12.1 Å². The topological polar surface area (TPSA) is 105 Å². The number of nitrogens with two attached hydrogens (primary N) is 2. The van der Waals surface area contributed by atoms with Gasteiger partial charge in [0.05, 0.1) is 5.69 Å². The fraction of sp³-hybridized carbons (Fsp3) is 0. The Balaban J connectivity index is 3.03. The number of amides is 1. The lowest BCUT2D eigenvalue weighted by Gasteiger charge is -2.08. The quantitative estimate of drug-likeness (QED) is 0.568. The van der Waals surface area contributed by atoms with E-state index in [1.165, 1.54) is 0 Å². The molecule has 0 aromatic heterocycles. The van der Waals surface area contributed by atoms with Crippen LogP contribution in [0.3, 0.4) is 0 Å². The Hall–Kier alpha value is -2.00. The number of carbonyl (C=O) groups is 1. The lowest BCUT2D eigenvalue weighted by molar-refractivity contribution is -0.114. The van der Waals surface area contributed by atoms with Gasteiger partial charge in [-0.3, -0.25) is 4.79 Å². The lowest BCUT2D eigenvalue weighted by Crippen LogP contribution is -2.21. The fourth-order valence-corrected chi connectivity index (χ4v) is 1.40. The number of nitriles is 1. The summed E-state index contributed by atoms with van der Waals surface area (Å²) in [5.41, 5.74) is 10.9. The molecular weight excluding hydrogens is 272 g/mol. The summed E-state index contributed by atoms with van der Waals surface area (Å²) in [5, 5.41) is 11.4.